The average molecular weight is 411 g/mol. The van der Waals surface area contributed by atoms with Crippen molar-refractivity contribution in [1.82, 2.24) is 20.1 Å². The quantitative estimate of drug-likeness (QED) is 0.578. The van der Waals surface area contributed by atoms with Gasteiger partial charge in [0.25, 0.3) is 0 Å². The van der Waals surface area contributed by atoms with Crippen LogP contribution in [0.4, 0.5) is 4.79 Å². The van der Waals surface area contributed by atoms with Gasteiger partial charge in [-0.05, 0) is 31.2 Å². The number of methoxy groups -OCH3 is 1. The number of ether oxygens (including phenoxy) is 1. The first kappa shape index (κ1) is 20.4. The molecule has 0 aliphatic carbocycles. The lowest BCUT2D eigenvalue weighted by Gasteiger charge is -2.12. The van der Waals surface area contributed by atoms with Crippen molar-refractivity contribution in [3.8, 4) is 22.8 Å². The Kier molecular flexibility index (Phi) is 6.50. The Bertz CT molecular complexity index is 1020. The SMILES string of the molecule is COc1ccccc1-c1nnc(SCCC(=O)NC(N)=O)n1-c1ccc(C)cc1. The number of thioether (sulfide) groups is 1. The molecule has 3 amide bonds. The minimum Gasteiger partial charge on any atom is -0.496 e. The second-order valence-electron chi connectivity index (χ2n) is 6.19. The van der Waals surface area contributed by atoms with E-state index in [1.165, 1.54) is 11.8 Å². The molecule has 0 aliphatic rings. The minimum absolute atomic E-state index is 0.123. The van der Waals surface area contributed by atoms with Crippen molar-refractivity contribution in [3.05, 3.63) is 54.1 Å². The van der Waals surface area contributed by atoms with Gasteiger partial charge in [0.05, 0.1) is 12.7 Å². The molecule has 0 atom stereocenters. The molecule has 3 rings (SSSR count). The molecule has 0 spiro atoms. The highest BCUT2D eigenvalue weighted by Gasteiger charge is 2.19. The zero-order valence-corrected chi connectivity index (χ0v) is 16.9. The third-order valence-electron chi connectivity index (χ3n) is 4.10. The number of urea groups is 1. The van der Waals surface area contributed by atoms with Gasteiger partial charge >= 0.3 is 6.03 Å². The molecule has 3 aromatic rings. The maximum atomic E-state index is 11.7. The maximum absolute atomic E-state index is 11.7. The van der Waals surface area contributed by atoms with E-state index in [0.717, 1.165) is 16.8 Å². The second kappa shape index (κ2) is 9.24. The number of carbonyl (C=O) groups is 2. The van der Waals surface area contributed by atoms with Crippen molar-refractivity contribution >= 4 is 23.7 Å². The molecule has 9 heteroatoms. The number of nitrogens with zero attached hydrogens (tertiary/aromatic N) is 3. The van der Waals surface area contributed by atoms with Crippen molar-refractivity contribution < 1.29 is 14.3 Å². The minimum atomic E-state index is -0.860. The third-order valence-corrected chi connectivity index (χ3v) is 5.03. The monoisotopic (exact) mass is 411 g/mol. The van der Waals surface area contributed by atoms with E-state index in [9.17, 15) is 9.59 Å². The molecule has 0 unspecified atom stereocenters. The van der Waals surface area contributed by atoms with Crippen LogP contribution in [0.2, 0.25) is 0 Å². The smallest absolute Gasteiger partial charge is 0.318 e. The number of hydrogen-bond acceptors (Lipinski definition) is 6. The largest absolute Gasteiger partial charge is 0.496 e. The molecular formula is C20H21N5O3S. The highest BCUT2D eigenvalue weighted by molar-refractivity contribution is 7.99. The number of nitrogens with one attached hydrogen (secondary N) is 1. The van der Waals surface area contributed by atoms with E-state index in [1.54, 1.807) is 7.11 Å². The highest BCUT2D eigenvalue weighted by Crippen LogP contribution is 2.33. The molecule has 0 radical (unpaired) electrons. The molecular weight excluding hydrogens is 390 g/mol. The number of rotatable bonds is 7. The first-order valence-corrected chi connectivity index (χ1v) is 9.86. The fourth-order valence-corrected chi connectivity index (χ4v) is 3.62. The Morgan fingerprint density at radius 2 is 1.86 bits per heavy atom. The predicted molar refractivity (Wildman–Crippen MR) is 111 cm³/mol. The van der Waals surface area contributed by atoms with Crippen molar-refractivity contribution in [2.75, 3.05) is 12.9 Å². The molecule has 2 aromatic carbocycles. The van der Waals surface area contributed by atoms with Gasteiger partial charge in [0.15, 0.2) is 11.0 Å². The molecule has 0 fully saturated rings. The lowest BCUT2D eigenvalue weighted by molar-refractivity contribution is -0.119. The van der Waals surface area contributed by atoms with E-state index in [4.69, 9.17) is 10.5 Å². The molecule has 1 heterocycles. The fraction of sp³-hybridized carbons (Fsp3) is 0.200. The summed E-state index contributed by atoms with van der Waals surface area (Å²) >= 11 is 1.37. The summed E-state index contributed by atoms with van der Waals surface area (Å²) in [6.45, 7) is 2.02. The van der Waals surface area contributed by atoms with Gasteiger partial charge in [-0.3, -0.25) is 14.7 Å². The van der Waals surface area contributed by atoms with E-state index in [2.05, 4.69) is 15.5 Å². The number of amides is 3. The van der Waals surface area contributed by atoms with Crippen LogP contribution in [-0.2, 0) is 4.79 Å². The Morgan fingerprint density at radius 3 is 2.55 bits per heavy atom. The van der Waals surface area contributed by atoms with Crippen LogP contribution in [0.25, 0.3) is 17.1 Å². The van der Waals surface area contributed by atoms with Crippen LogP contribution in [0.3, 0.4) is 0 Å². The third kappa shape index (κ3) is 4.94. The van der Waals surface area contributed by atoms with Crippen molar-refractivity contribution in [2.24, 2.45) is 5.73 Å². The average Bonchev–Trinajstić information content (AvgIpc) is 3.11. The number of imide groups is 1. The molecule has 0 saturated carbocycles. The van der Waals surface area contributed by atoms with Gasteiger partial charge < -0.3 is 10.5 Å². The standard InChI is InChI=1S/C20H21N5O3S/c1-13-7-9-14(10-8-13)25-18(15-5-3-4-6-16(15)28-2)23-24-20(25)29-12-11-17(26)22-19(21)27/h3-10H,11-12H2,1-2H3,(H3,21,22,26,27). The van der Waals surface area contributed by atoms with Crippen LogP contribution < -0.4 is 15.8 Å². The molecule has 8 nitrogen and oxygen atoms in total. The van der Waals surface area contributed by atoms with Gasteiger partial charge in [-0.2, -0.15) is 0 Å². The molecule has 3 N–H and O–H groups in total. The number of primary amides is 1. The Balaban J connectivity index is 1.95. The zero-order chi connectivity index (χ0) is 20.8. The number of para-hydroxylation sites is 1. The summed E-state index contributed by atoms with van der Waals surface area (Å²) in [7, 11) is 1.61. The van der Waals surface area contributed by atoms with Crippen LogP contribution in [0.15, 0.2) is 53.7 Å². The molecule has 1 aromatic heterocycles. The van der Waals surface area contributed by atoms with Gasteiger partial charge in [-0.15, -0.1) is 10.2 Å². The van der Waals surface area contributed by atoms with Crippen LogP contribution in [-0.4, -0.2) is 39.6 Å². The number of aryl methyl sites for hydroxylation is 1. The summed E-state index contributed by atoms with van der Waals surface area (Å²) in [5, 5.41) is 11.4. The van der Waals surface area contributed by atoms with Crippen LogP contribution in [0.5, 0.6) is 5.75 Å². The molecule has 0 aliphatic heterocycles. The Labute approximate surface area is 172 Å². The Morgan fingerprint density at radius 1 is 1.14 bits per heavy atom. The van der Waals surface area contributed by atoms with Crippen molar-refractivity contribution in [1.29, 1.82) is 0 Å². The summed E-state index contributed by atoms with van der Waals surface area (Å²) in [5.41, 5.74) is 7.81. The van der Waals surface area contributed by atoms with Gasteiger partial charge in [0.2, 0.25) is 5.91 Å². The number of benzene rings is 2. The summed E-state index contributed by atoms with van der Waals surface area (Å²) < 4.78 is 7.41. The lowest BCUT2D eigenvalue weighted by atomic mass is 10.1. The lowest BCUT2D eigenvalue weighted by Crippen LogP contribution is -2.35. The molecule has 29 heavy (non-hydrogen) atoms. The van der Waals surface area contributed by atoms with E-state index in [-0.39, 0.29) is 6.42 Å². The molecule has 150 valence electrons. The summed E-state index contributed by atoms with van der Waals surface area (Å²) in [4.78, 5) is 22.4. The van der Waals surface area contributed by atoms with Gasteiger partial charge in [-0.1, -0.05) is 41.6 Å². The molecule has 0 saturated heterocycles. The first-order chi connectivity index (χ1) is 14.0. The number of hydrogen-bond donors (Lipinski definition) is 2. The van der Waals surface area contributed by atoms with Crippen LogP contribution in [0.1, 0.15) is 12.0 Å². The van der Waals surface area contributed by atoms with Crippen LogP contribution >= 0.6 is 11.8 Å². The maximum Gasteiger partial charge on any atom is 0.318 e. The topological polar surface area (TPSA) is 112 Å². The van der Waals surface area contributed by atoms with E-state index in [1.807, 2.05) is 60.0 Å². The summed E-state index contributed by atoms with van der Waals surface area (Å²) in [5.74, 6) is 1.30. The van der Waals surface area contributed by atoms with E-state index < -0.39 is 11.9 Å². The summed E-state index contributed by atoms with van der Waals surface area (Å²) in [6.07, 6.45) is 0.123. The van der Waals surface area contributed by atoms with Gasteiger partial charge in [0.1, 0.15) is 5.75 Å². The van der Waals surface area contributed by atoms with Crippen LogP contribution in [0, 0.1) is 6.92 Å². The number of aromatic nitrogens is 3. The van der Waals surface area contributed by atoms with Crippen molar-refractivity contribution in [2.45, 2.75) is 18.5 Å². The van der Waals surface area contributed by atoms with E-state index >= 15 is 0 Å². The number of nitrogens with two attached hydrogens (primary N) is 1. The first-order valence-electron chi connectivity index (χ1n) is 8.87. The zero-order valence-electron chi connectivity index (χ0n) is 16.1. The number of carbonyl (C=O) groups excluding carboxylic acids is 2. The Hall–Kier alpha value is -3.33. The molecule has 0 bridgehead atoms. The summed E-state index contributed by atoms with van der Waals surface area (Å²) in [6, 6.07) is 14.7. The fourth-order valence-electron chi connectivity index (χ4n) is 2.73. The van der Waals surface area contributed by atoms with Crippen molar-refractivity contribution in [3.63, 3.8) is 0 Å². The highest BCUT2D eigenvalue weighted by atomic mass is 32.2. The van der Waals surface area contributed by atoms with Gasteiger partial charge in [-0.25, -0.2) is 4.79 Å². The van der Waals surface area contributed by atoms with Gasteiger partial charge in [0, 0.05) is 17.9 Å². The predicted octanol–water partition coefficient (Wildman–Crippen LogP) is 2.93. The van der Waals surface area contributed by atoms with E-state index in [0.29, 0.717) is 22.5 Å². The second-order valence-corrected chi connectivity index (χ2v) is 7.25. The normalized spacial score (nSPS) is 10.6.